The molecule has 1 aliphatic heterocycles. The van der Waals surface area contributed by atoms with Gasteiger partial charge in [0.15, 0.2) is 0 Å². The number of carbonyl (C=O) groups is 3. The van der Waals surface area contributed by atoms with Crippen LogP contribution in [0.4, 0.5) is 4.79 Å². The molecule has 2 aromatic carbocycles. The predicted molar refractivity (Wildman–Crippen MR) is 127 cm³/mol. The molecule has 1 fully saturated rings. The molecule has 0 radical (unpaired) electrons. The fraction of sp³-hybridized carbons (Fsp3) is 0.400. The van der Waals surface area contributed by atoms with Crippen LogP contribution in [0.2, 0.25) is 0 Å². The Labute approximate surface area is 197 Å². The zero-order valence-corrected chi connectivity index (χ0v) is 19.5. The molecule has 0 saturated carbocycles. The first-order chi connectivity index (χ1) is 15.9. The van der Waals surface area contributed by atoms with Crippen molar-refractivity contribution < 1.29 is 24.2 Å². The van der Waals surface area contributed by atoms with Crippen LogP contribution >= 0.6 is 11.8 Å². The van der Waals surface area contributed by atoms with E-state index in [9.17, 15) is 19.5 Å². The van der Waals surface area contributed by atoms with Crippen LogP contribution in [0.25, 0.3) is 11.1 Å². The Morgan fingerprint density at radius 3 is 2.27 bits per heavy atom. The van der Waals surface area contributed by atoms with Gasteiger partial charge in [0, 0.05) is 24.1 Å². The minimum Gasteiger partial charge on any atom is -0.480 e. The van der Waals surface area contributed by atoms with Crippen LogP contribution in [0.3, 0.4) is 0 Å². The lowest BCUT2D eigenvalue weighted by molar-refractivity contribution is -0.148. The molecule has 2 N–H and O–H groups in total. The zero-order chi connectivity index (χ0) is 23.5. The van der Waals surface area contributed by atoms with E-state index in [1.165, 1.54) is 16.7 Å². The third-order valence-electron chi connectivity index (χ3n) is 6.33. The van der Waals surface area contributed by atoms with Gasteiger partial charge in [-0.15, -0.1) is 11.8 Å². The molecule has 2 amide bonds. The summed E-state index contributed by atoms with van der Waals surface area (Å²) in [5.74, 6) is -0.601. The second kappa shape index (κ2) is 9.87. The lowest BCUT2D eigenvalue weighted by atomic mass is 9.98. The van der Waals surface area contributed by atoms with E-state index in [4.69, 9.17) is 4.74 Å². The molecular weight excluding hydrogens is 440 g/mol. The second-order valence-corrected chi connectivity index (χ2v) is 9.74. The summed E-state index contributed by atoms with van der Waals surface area (Å²) in [4.78, 5) is 38.2. The molecule has 1 aliphatic carbocycles. The van der Waals surface area contributed by atoms with Gasteiger partial charge in [0.25, 0.3) is 0 Å². The van der Waals surface area contributed by atoms with Crippen LogP contribution in [0, 0.1) is 5.92 Å². The average Bonchev–Trinajstić information content (AvgIpc) is 3.41. The second-order valence-electron chi connectivity index (χ2n) is 8.74. The molecule has 2 aliphatic rings. The van der Waals surface area contributed by atoms with Crippen molar-refractivity contribution in [3.63, 3.8) is 0 Å². The summed E-state index contributed by atoms with van der Waals surface area (Å²) in [5, 5.41) is 12.2. The van der Waals surface area contributed by atoms with Crippen molar-refractivity contribution in [1.82, 2.24) is 10.2 Å². The molecule has 33 heavy (non-hydrogen) atoms. The number of carboxylic acids is 1. The van der Waals surface area contributed by atoms with Gasteiger partial charge in [0.1, 0.15) is 12.6 Å². The topological polar surface area (TPSA) is 95.9 Å². The highest BCUT2D eigenvalue weighted by Gasteiger charge is 2.36. The SMILES string of the molecule is CC(C)[C@@H](CC(=O)N1CSC[C@H]1C(=O)O)NC(=O)OCC1c2ccccc2-c2ccccc21. The van der Waals surface area contributed by atoms with E-state index in [1.807, 2.05) is 38.1 Å². The van der Waals surface area contributed by atoms with E-state index < -0.39 is 24.1 Å². The van der Waals surface area contributed by atoms with Crippen LogP contribution in [0.15, 0.2) is 48.5 Å². The first kappa shape index (κ1) is 23.2. The van der Waals surface area contributed by atoms with E-state index >= 15 is 0 Å². The van der Waals surface area contributed by atoms with Gasteiger partial charge >= 0.3 is 12.1 Å². The van der Waals surface area contributed by atoms with Crippen molar-refractivity contribution in [1.29, 1.82) is 0 Å². The highest BCUT2D eigenvalue weighted by molar-refractivity contribution is 7.99. The minimum absolute atomic E-state index is 0.0204. The van der Waals surface area contributed by atoms with E-state index in [2.05, 4.69) is 29.6 Å². The molecule has 1 saturated heterocycles. The summed E-state index contributed by atoms with van der Waals surface area (Å²) >= 11 is 1.42. The number of nitrogens with one attached hydrogen (secondary N) is 1. The highest BCUT2D eigenvalue weighted by Crippen LogP contribution is 2.44. The van der Waals surface area contributed by atoms with Crippen LogP contribution < -0.4 is 5.32 Å². The molecule has 0 bridgehead atoms. The quantitative estimate of drug-likeness (QED) is 0.639. The first-order valence-electron chi connectivity index (χ1n) is 11.1. The number of amides is 2. The van der Waals surface area contributed by atoms with Crippen LogP contribution in [-0.4, -0.2) is 58.3 Å². The molecule has 0 aromatic heterocycles. The lowest BCUT2D eigenvalue weighted by Gasteiger charge is -2.26. The Kier molecular flexibility index (Phi) is 6.93. The van der Waals surface area contributed by atoms with Gasteiger partial charge in [-0.25, -0.2) is 9.59 Å². The number of rotatable bonds is 7. The molecule has 4 rings (SSSR count). The maximum Gasteiger partial charge on any atom is 0.407 e. The van der Waals surface area contributed by atoms with Gasteiger partial charge in [0.2, 0.25) is 5.91 Å². The maximum absolute atomic E-state index is 12.8. The zero-order valence-electron chi connectivity index (χ0n) is 18.7. The Morgan fingerprint density at radius 2 is 1.70 bits per heavy atom. The van der Waals surface area contributed by atoms with Gasteiger partial charge in [-0.3, -0.25) is 4.79 Å². The number of nitrogens with zero attached hydrogens (tertiary/aromatic N) is 1. The first-order valence-corrected chi connectivity index (χ1v) is 12.2. The van der Waals surface area contributed by atoms with Gasteiger partial charge in [-0.1, -0.05) is 62.4 Å². The number of fused-ring (bicyclic) bond motifs is 3. The fourth-order valence-electron chi connectivity index (χ4n) is 4.44. The number of hydrogen-bond acceptors (Lipinski definition) is 5. The minimum atomic E-state index is -1.00. The van der Waals surface area contributed by atoms with Gasteiger partial charge < -0.3 is 20.1 Å². The van der Waals surface area contributed by atoms with Crippen LogP contribution in [-0.2, 0) is 14.3 Å². The van der Waals surface area contributed by atoms with Gasteiger partial charge in [0.05, 0.1) is 5.88 Å². The van der Waals surface area contributed by atoms with E-state index in [-0.39, 0.29) is 30.8 Å². The molecular formula is C25H28N2O5S. The Hall–Kier alpha value is -3.00. The number of ether oxygens (including phenoxy) is 1. The third kappa shape index (κ3) is 4.85. The number of carboxylic acid groups (broad SMARTS) is 1. The summed E-state index contributed by atoms with van der Waals surface area (Å²) < 4.78 is 5.61. The van der Waals surface area contributed by atoms with Crippen molar-refractivity contribution in [2.45, 2.75) is 38.3 Å². The predicted octanol–water partition coefficient (Wildman–Crippen LogP) is 3.93. The smallest absolute Gasteiger partial charge is 0.407 e. The largest absolute Gasteiger partial charge is 0.480 e. The summed E-state index contributed by atoms with van der Waals surface area (Å²) in [5.41, 5.74) is 4.58. The van der Waals surface area contributed by atoms with Crippen molar-refractivity contribution in [3.8, 4) is 11.1 Å². The van der Waals surface area contributed by atoms with E-state index in [0.717, 1.165) is 22.3 Å². The number of hydrogen-bond donors (Lipinski definition) is 2. The Balaban J connectivity index is 1.38. The summed E-state index contributed by atoms with van der Waals surface area (Å²) in [6.45, 7) is 4.02. The van der Waals surface area contributed by atoms with E-state index in [1.54, 1.807) is 0 Å². The van der Waals surface area contributed by atoms with Crippen molar-refractivity contribution in [2.24, 2.45) is 5.92 Å². The van der Waals surface area contributed by atoms with Crippen LogP contribution in [0.1, 0.15) is 37.3 Å². The summed E-state index contributed by atoms with van der Waals surface area (Å²) in [6.07, 6.45) is -0.541. The van der Waals surface area contributed by atoms with Crippen LogP contribution in [0.5, 0.6) is 0 Å². The molecule has 7 nitrogen and oxygen atoms in total. The monoisotopic (exact) mass is 468 g/mol. The van der Waals surface area contributed by atoms with Crippen molar-refractivity contribution in [2.75, 3.05) is 18.2 Å². The number of benzene rings is 2. The lowest BCUT2D eigenvalue weighted by Crippen LogP contribution is -2.47. The molecule has 2 atom stereocenters. The van der Waals surface area contributed by atoms with Gasteiger partial charge in [-0.2, -0.15) is 0 Å². The fourth-order valence-corrected chi connectivity index (χ4v) is 5.62. The summed E-state index contributed by atoms with van der Waals surface area (Å²) in [6, 6.07) is 15.0. The van der Waals surface area contributed by atoms with Crippen molar-refractivity contribution >= 4 is 29.7 Å². The highest BCUT2D eigenvalue weighted by atomic mass is 32.2. The standard InChI is InChI=1S/C25H28N2O5S/c1-15(2)21(11-23(28)27-14-33-13-22(27)24(29)30)26-25(31)32-12-20-18-9-5-3-7-16(18)17-8-4-6-10-19(17)20/h3-10,15,20-22H,11-14H2,1-2H3,(H,26,31)(H,29,30)/t21-,22+/m1/s1. The van der Waals surface area contributed by atoms with Gasteiger partial charge in [-0.05, 0) is 28.2 Å². The number of carbonyl (C=O) groups excluding carboxylic acids is 2. The number of aliphatic carboxylic acids is 1. The number of thioether (sulfide) groups is 1. The maximum atomic E-state index is 12.8. The average molecular weight is 469 g/mol. The Morgan fingerprint density at radius 1 is 1.09 bits per heavy atom. The molecule has 8 heteroatoms. The Bertz CT molecular complexity index is 1010. The third-order valence-corrected chi connectivity index (χ3v) is 7.35. The molecule has 2 aromatic rings. The number of alkyl carbamates (subject to hydrolysis) is 1. The molecule has 1 heterocycles. The summed E-state index contributed by atoms with van der Waals surface area (Å²) in [7, 11) is 0. The molecule has 0 spiro atoms. The normalized spacial score (nSPS) is 18.0. The van der Waals surface area contributed by atoms with E-state index in [0.29, 0.717) is 11.6 Å². The molecule has 0 unspecified atom stereocenters. The van der Waals surface area contributed by atoms with Crippen molar-refractivity contribution in [3.05, 3.63) is 59.7 Å². The molecule has 174 valence electrons.